The van der Waals surface area contributed by atoms with E-state index in [0.717, 1.165) is 58.5 Å². The third-order valence-corrected chi connectivity index (χ3v) is 5.01. The molecule has 0 aromatic heterocycles. The minimum atomic E-state index is 0.270. The molecule has 0 spiro atoms. The van der Waals surface area contributed by atoms with Gasteiger partial charge in [0.15, 0.2) is 0 Å². The van der Waals surface area contributed by atoms with E-state index in [1.807, 2.05) is 0 Å². The molecule has 0 bridgehead atoms. The maximum Gasteiger partial charge on any atom is 0.225 e. The molecule has 1 amide bonds. The predicted molar refractivity (Wildman–Crippen MR) is 87.0 cm³/mol. The first-order valence-corrected chi connectivity index (χ1v) is 8.81. The summed E-state index contributed by atoms with van der Waals surface area (Å²) >= 11 is 0. The molecule has 1 heterocycles. The van der Waals surface area contributed by atoms with Crippen LogP contribution in [0, 0.1) is 17.8 Å². The highest BCUT2D eigenvalue weighted by Crippen LogP contribution is 2.32. The molecule has 1 aliphatic carbocycles. The number of rotatable bonds is 5. The average molecular weight is 295 g/mol. The van der Waals surface area contributed by atoms with E-state index in [1.165, 1.54) is 12.8 Å². The van der Waals surface area contributed by atoms with Crippen LogP contribution in [0.5, 0.6) is 0 Å². The molecule has 2 unspecified atom stereocenters. The fourth-order valence-electron chi connectivity index (χ4n) is 3.94. The summed E-state index contributed by atoms with van der Waals surface area (Å²) in [4.78, 5) is 17.3. The topological polar surface area (TPSA) is 49.6 Å². The Morgan fingerprint density at radius 2 is 1.90 bits per heavy atom. The SMILES string of the molecule is CC(C)CN1CCN(C(=O)C2CCCC(CCN)C2)CC1. The second kappa shape index (κ2) is 8.14. The van der Waals surface area contributed by atoms with Crippen molar-refractivity contribution in [3.8, 4) is 0 Å². The molecule has 2 atom stereocenters. The molecule has 0 radical (unpaired) electrons. The van der Waals surface area contributed by atoms with Gasteiger partial charge in [0, 0.05) is 38.6 Å². The average Bonchev–Trinajstić information content (AvgIpc) is 2.47. The highest BCUT2D eigenvalue weighted by molar-refractivity contribution is 5.79. The zero-order valence-corrected chi connectivity index (χ0v) is 13.9. The molecule has 1 saturated heterocycles. The lowest BCUT2D eigenvalue weighted by atomic mass is 9.79. The Balaban J connectivity index is 1.78. The van der Waals surface area contributed by atoms with Crippen molar-refractivity contribution in [1.29, 1.82) is 0 Å². The van der Waals surface area contributed by atoms with E-state index in [9.17, 15) is 4.79 Å². The molecule has 0 aromatic rings. The van der Waals surface area contributed by atoms with Crippen LogP contribution in [0.4, 0.5) is 0 Å². The van der Waals surface area contributed by atoms with Crippen molar-refractivity contribution in [2.75, 3.05) is 39.3 Å². The normalized spacial score (nSPS) is 28.1. The van der Waals surface area contributed by atoms with Crippen LogP contribution in [0.15, 0.2) is 0 Å². The van der Waals surface area contributed by atoms with Crippen LogP contribution in [0.1, 0.15) is 46.0 Å². The highest BCUT2D eigenvalue weighted by atomic mass is 16.2. The van der Waals surface area contributed by atoms with Gasteiger partial charge in [-0.25, -0.2) is 0 Å². The summed E-state index contributed by atoms with van der Waals surface area (Å²) in [5.74, 6) is 2.08. The molecule has 1 saturated carbocycles. The summed E-state index contributed by atoms with van der Waals surface area (Å²) in [6.45, 7) is 10.4. The fourth-order valence-corrected chi connectivity index (χ4v) is 3.94. The van der Waals surface area contributed by atoms with Crippen LogP contribution in [0.25, 0.3) is 0 Å². The largest absolute Gasteiger partial charge is 0.340 e. The number of amides is 1. The third-order valence-electron chi connectivity index (χ3n) is 5.01. The Morgan fingerprint density at radius 1 is 1.19 bits per heavy atom. The lowest BCUT2D eigenvalue weighted by Crippen LogP contribution is -2.51. The monoisotopic (exact) mass is 295 g/mol. The summed E-state index contributed by atoms with van der Waals surface area (Å²) in [6.07, 6.45) is 5.72. The first kappa shape index (κ1) is 16.8. The zero-order valence-electron chi connectivity index (χ0n) is 13.9. The molecule has 2 rings (SSSR count). The molecule has 2 fully saturated rings. The third kappa shape index (κ3) is 4.96. The second-order valence-corrected chi connectivity index (χ2v) is 7.33. The van der Waals surface area contributed by atoms with Gasteiger partial charge in [0.25, 0.3) is 0 Å². The van der Waals surface area contributed by atoms with Crippen molar-refractivity contribution in [1.82, 2.24) is 9.80 Å². The van der Waals surface area contributed by atoms with Gasteiger partial charge in [-0.3, -0.25) is 9.69 Å². The van der Waals surface area contributed by atoms with Crippen LogP contribution < -0.4 is 5.73 Å². The summed E-state index contributed by atoms with van der Waals surface area (Å²) in [6, 6.07) is 0. The molecule has 0 aromatic carbocycles. The van der Waals surface area contributed by atoms with E-state index in [2.05, 4.69) is 23.6 Å². The molecule has 2 aliphatic rings. The van der Waals surface area contributed by atoms with E-state index < -0.39 is 0 Å². The minimum absolute atomic E-state index is 0.270. The Morgan fingerprint density at radius 3 is 2.52 bits per heavy atom. The molecular formula is C17H33N3O. The fraction of sp³-hybridized carbons (Fsp3) is 0.941. The number of nitrogens with zero attached hydrogens (tertiary/aromatic N) is 2. The van der Waals surface area contributed by atoms with Gasteiger partial charge in [0.05, 0.1) is 0 Å². The number of hydrogen-bond donors (Lipinski definition) is 1. The van der Waals surface area contributed by atoms with Crippen LogP contribution in [0.3, 0.4) is 0 Å². The molecular weight excluding hydrogens is 262 g/mol. The van der Waals surface area contributed by atoms with Gasteiger partial charge >= 0.3 is 0 Å². The van der Waals surface area contributed by atoms with Crippen molar-refractivity contribution in [2.45, 2.75) is 46.0 Å². The van der Waals surface area contributed by atoms with Gasteiger partial charge in [-0.15, -0.1) is 0 Å². The second-order valence-electron chi connectivity index (χ2n) is 7.33. The van der Waals surface area contributed by atoms with Crippen LogP contribution >= 0.6 is 0 Å². The summed E-state index contributed by atoms with van der Waals surface area (Å²) in [5, 5.41) is 0. The minimum Gasteiger partial charge on any atom is -0.340 e. The highest BCUT2D eigenvalue weighted by Gasteiger charge is 2.31. The Hall–Kier alpha value is -0.610. The van der Waals surface area contributed by atoms with Crippen molar-refractivity contribution in [2.24, 2.45) is 23.5 Å². The van der Waals surface area contributed by atoms with E-state index in [4.69, 9.17) is 5.73 Å². The molecule has 2 N–H and O–H groups in total. The molecule has 4 nitrogen and oxygen atoms in total. The quantitative estimate of drug-likeness (QED) is 0.843. The molecule has 122 valence electrons. The summed E-state index contributed by atoms with van der Waals surface area (Å²) in [7, 11) is 0. The maximum atomic E-state index is 12.7. The lowest BCUT2D eigenvalue weighted by Gasteiger charge is -2.38. The zero-order chi connectivity index (χ0) is 15.2. The first-order valence-electron chi connectivity index (χ1n) is 8.81. The van der Waals surface area contributed by atoms with E-state index in [-0.39, 0.29) is 5.92 Å². The Labute approximate surface area is 130 Å². The molecule has 21 heavy (non-hydrogen) atoms. The van der Waals surface area contributed by atoms with E-state index in [1.54, 1.807) is 0 Å². The number of carbonyl (C=O) groups is 1. The smallest absolute Gasteiger partial charge is 0.225 e. The van der Waals surface area contributed by atoms with Crippen LogP contribution in [-0.2, 0) is 4.79 Å². The number of carbonyl (C=O) groups excluding carboxylic acids is 1. The van der Waals surface area contributed by atoms with Crippen LogP contribution in [-0.4, -0.2) is 55.0 Å². The van der Waals surface area contributed by atoms with Gasteiger partial charge in [0.1, 0.15) is 0 Å². The summed E-state index contributed by atoms with van der Waals surface area (Å²) in [5.41, 5.74) is 5.68. The predicted octanol–water partition coefficient (Wildman–Crippen LogP) is 1.94. The van der Waals surface area contributed by atoms with Crippen molar-refractivity contribution >= 4 is 5.91 Å². The van der Waals surface area contributed by atoms with Crippen LogP contribution in [0.2, 0.25) is 0 Å². The van der Waals surface area contributed by atoms with E-state index in [0.29, 0.717) is 17.7 Å². The lowest BCUT2D eigenvalue weighted by molar-refractivity contribution is -0.139. The van der Waals surface area contributed by atoms with Gasteiger partial charge in [-0.2, -0.15) is 0 Å². The van der Waals surface area contributed by atoms with Gasteiger partial charge < -0.3 is 10.6 Å². The number of hydrogen-bond acceptors (Lipinski definition) is 3. The van der Waals surface area contributed by atoms with Crippen molar-refractivity contribution < 1.29 is 4.79 Å². The Bertz CT molecular complexity index is 322. The van der Waals surface area contributed by atoms with Gasteiger partial charge in [-0.05, 0) is 37.6 Å². The molecule has 1 aliphatic heterocycles. The van der Waals surface area contributed by atoms with Gasteiger partial charge in [0.2, 0.25) is 5.91 Å². The van der Waals surface area contributed by atoms with Gasteiger partial charge in [-0.1, -0.05) is 26.7 Å². The maximum absolute atomic E-state index is 12.7. The molecule has 4 heteroatoms. The number of piperazine rings is 1. The first-order chi connectivity index (χ1) is 10.1. The van der Waals surface area contributed by atoms with Crippen molar-refractivity contribution in [3.05, 3.63) is 0 Å². The van der Waals surface area contributed by atoms with E-state index >= 15 is 0 Å². The standard InChI is InChI=1S/C17H33N3O/c1-14(2)13-19-8-10-20(11-9-19)17(21)16-5-3-4-15(12-16)6-7-18/h14-16H,3-13,18H2,1-2H3. The van der Waals surface area contributed by atoms with Crippen molar-refractivity contribution in [3.63, 3.8) is 0 Å². The summed E-state index contributed by atoms with van der Waals surface area (Å²) < 4.78 is 0. The Kier molecular flexibility index (Phi) is 6.49. The number of nitrogens with two attached hydrogens (primary N) is 1.